The summed E-state index contributed by atoms with van der Waals surface area (Å²) in [5.41, 5.74) is 1.10. The zero-order valence-electron chi connectivity index (χ0n) is 9.83. The third-order valence-electron chi connectivity index (χ3n) is 2.29. The summed E-state index contributed by atoms with van der Waals surface area (Å²) in [6.07, 6.45) is 0.514. The fourth-order valence-electron chi connectivity index (χ4n) is 1.24. The molecule has 1 aliphatic rings. The minimum absolute atomic E-state index is 0.0880. The van der Waals surface area contributed by atoms with Crippen LogP contribution in [0, 0.1) is 12.7 Å². The maximum Gasteiger partial charge on any atom is 0.307 e. The van der Waals surface area contributed by atoms with E-state index in [1.54, 1.807) is 6.07 Å². The van der Waals surface area contributed by atoms with E-state index in [9.17, 15) is 9.18 Å². The summed E-state index contributed by atoms with van der Waals surface area (Å²) in [6, 6.07) is 4.72. The van der Waals surface area contributed by atoms with Crippen molar-refractivity contribution in [2.24, 2.45) is 0 Å². The lowest BCUT2D eigenvalue weighted by molar-refractivity contribution is -0.142. The fourth-order valence-corrected chi connectivity index (χ4v) is 1.49. The number of cyclic esters (lactones) is 1. The van der Waals surface area contributed by atoms with Gasteiger partial charge in [0.05, 0.1) is 6.42 Å². The Morgan fingerprint density at radius 3 is 2.82 bits per heavy atom. The Morgan fingerprint density at radius 2 is 2.18 bits per heavy atom. The molecule has 1 heterocycles. The van der Waals surface area contributed by atoms with Gasteiger partial charge in [-0.25, -0.2) is 4.39 Å². The van der Waals surface area contributed by atoms with Crippen LogP contribution in [0.5, 0.6) is 0 Å². The van der Waals surface area contributed by atoms with Crippen molar-refractivity contribution in [3.63, 3.8) is 0 Å². The molecule has 1 saturated heterocycles. The standard InChI is InChI=1S/C7H8FP.C5H9NO2/c1-5-2-3-6(8)4-7(5)9;7-5-1-2-6-3-4-8-5/h2-4H,9H2,1H3;6H,1-4H2. The number of aryl methyl sites for hydroxylation is 1. The van der Waals surface area contributed by atoms with Gasteiger partial charge in [-0.15, -0.1) is 9.24 Å². The van der Waals surface area contributed by atoms with Crippen molar-refractivity contribution in [3.05, 3.63) is 29.6 Å². The summed E-state index contributed by atoms with van der Waals surface area (Å²) in [4.78, 5) is 10.4. The second kappa shape index (κ2) is 7.36. The first-order valence-corrected chi connectivity index (χ1v) is 6.05. The highest BCUT2D eigenvalue weighted by molar-refractivity contribution is 7.27. The number of benzene rings is 1. The predicted molar refractivity (Wildman–Crippen MR) is 68.9 cm³/mol. The molecule has 0 aliphatic carbocycles. The van der Waals surface area contributed by atoms with E-state index in [1.165, 1.54) is 12.1 Å². The molecule has 2 rings (SSSR count). The first kappa shape index (κ1) is 14.1. The minimum Gasteiger partial charge on any atom is -0.464 e. The first-order chi connectivity index (χ1) is 8.09. The molecule has 94 valence electrons. The van der Waals surface area contributed by atoms with E-state index in [4.69, 9.17) is 4.74 Å². The van der Waals surface area contributed by atoms with Crippen LogP contribution < -0.4 is 10.6 Å². The highest BCUT2D eigenvalue weighted by Crippen LogP contribution is 2.01. The summed E-state index contributed by atoms with van der Waals surface area (Å²) in [6.45, 7) is 4.03. The summed E-state index contributed by atoms with van der Waals surface area (Å²) in [5, 5.41) is 3.96. The largest absolute Gasteiger partial charge is 0.464 e. The molecule has 0 aromatic heterocycles. The SMILES string of the molecule is Cc1ccc(F)cc1P.O=C1CCNCCO1. The van der Waals surface area contributed by atoms with Gasteiger partial charge in [0.25, 0.3) is 0 Å². The Morgan fingerprint density at radius 1 is 1.41 bits per heavy atom. The minimum atomic E-state index is -0.175. The number of hydrogen-bond acceptors (Lipinski definition) is 3. The lowest BCUT2D eigenvalue weighted by Crippen LogP contribution is -2.16. The number of carbonyl (C=O) groups is 1. The van der Waals surface area contributed by atoms with Crippen molar-refractivity contribution in [2.45, 2.75) is 13.3 Å². The molecule has 1 aromatic rings. The maximum atomic E-state index is 12.3. The monoisotopic (exact) mass is 257 g/mol. The zero-order valence-corrected chi connectivity index (χ0v) is 11.0. The maximum absolute atomic E-state index is 12.3. The van der Waals surface area contributed by atoms with Crippen molar-refractivity contribution in [1.82, 2.24) is 5.32 Å². The van der Waals surface area contributed by atoms with Crippen molar-refractivity contribution in [3.8, 4) is 0 Å². The van der Waals surface area contributed by atoms with E-state index >= 15 is 0 Å². The molecular formula is C12H17FNO2P. The zero-order chi connectivity index (χ0) is 12.7. The van der Waals surface area contributed by atoms with E-state index in [0.29, 0.717) is 13.0 Å². The number of rotatable bonds is 0. The van der Waals surface area contributed by atoms with Crippen molar-refractivity contribution in [1.29, 1.82) is 0 Å². The van der Waals surface area contributed by atoms with Crippen LogP contribution in [0.4, 0.5) is 4.39 Å². The first-order valence-electron chi connectivity index (χ1n) is 5.47. The Kier molecular flexibility index (Phi) is 6.09. The molecule has 5 heteroatoms. The number of ether oxygens (including phenoxy) is 1. The van der Waals surface area contributed by atoms with Gasteiger partial charge in [-0.05, 0) is 29.9 Å². The molecule has 0 spiro atoms. The van der Waals surface area contributed by atoms with Crippen LogP contribution in [-0.2, 0) is 9.53 Å². The second-order valence-corrected chi connectivity index (χ2v) is 4.34. The number of nitrogens with one attached hydrogen (secondary N) is 1. The van der Waals surface area contributed by atoms with E-state index in [0.717, 1.165) is 24.0 Å². The van der Waals surface area contributed by atoms with Gasteiger partial charge in [0.2, 0.25) is 0 Å². The van der Waals surface area contributed by atoms with Crippen LogP contribution in [0.25, 0.3) is 0 Å². The van der Waals surface area contributed by atoms with Crippen molar-refractivity contribution in [2.75, 3.05) is 19.7 Å². The number of esters is 1. The molecule has 1 aliphatic heterocycles. The van der Waals surface area contributed by atoms with Gasteiger partial charge in [0.1, 0.15) is 12.4 Å². The number of carbonyl (C=O) groups excluding carboxylic acids is 1. The van der Waals surface area contributed by atoms with Gasteiger partial charge in [-0.3, -0.25) is 4.79 Å². The average Bonchev–Trinajstić information content (AvgIpc) is 2.53. The Balaban J connectivity index is 0.000000171. The van der Waals surface area contributed by atoms with Crippen LogP contribution in [0.1, 0.15) is 12.0 Å². The number of hydrogen-bond donors (Lipinski definition) is 1. The van der Waals surface area contributed by atoms with Gasteiger partial charge >= 0.3 is 5.97 Å². The van der Waals surface area contributed by atoms with Crippen LogP contribution in [0.3, 0.4) is 0 Å². The molecule has 1 atom stereocenters. The molecular weight excluding hydrogens is 240 g/mol. The molecule has 0 amide bonds. The lowest BCUT2D eigenvalue weighted by atomic mass is 10.2. The molecule has 0 bridgehead atoms. The van der Waals surface area contributed by atoms with Gasteiger partial charge in [0.15, 0.2) is 0 Å². The van der Waals surface area contributed by atoms with Crippen LogP contribution >= 0.6 is 9.24 Å². The highest BCUT2D eigenvalue weighted by atomic mass is 31.0. The topological polar surface area (TPSA) is 38.3 Å². The van der Waals surface area contributed by atoms with Crippen LogP contribution in [0.15, 0.2) is 18.2 Å². The normalized spacial score (nSPS) is 15.4. The molecule has 1 fully saturated rings. The van der Waals surface area contributed by atoms with Crippen LogP contribution in [-0.4, -0.2) is 25.7 Å². The average molecular weight is 257 g/mol. The van der Waals surface area contributed by atoms with Crippen LogP contribution in [0.2, 0.25) is 0 Å². The summed E-state index contributed by atoms with van der Waals surface area (Å²) < 4.78 is 17.0. The smallest absolute Gasteiger partial charge is 0.307 e. The molecule has 0 saturated carbocycles. The Bertz CT molecular complexity index is 375. The molecule has 17 heavy (non-hydrogen) atoms. The van der Waals surface area contributed by atoms with E-state index < -0.39 is 0 Å². The molecule has 1 unspecified atom stereocenters. The third-order valence-corrected chi connectivity index (χ3v) is 2.91. The quantitative estimate of drug-likeness (QED) is 0.560. The Labute approximate surface area is 103 Å². The molecule has 1 aromatic carbocycles. The Hall–Kier alpha value is -0.990. The van der Waals surface area contributed by atoms with Crippen molar-refractivity contribution < 1.29 is 13.9 Å². The predicted octanol–water partition coefficient (Wildman–Crippen LogP) is 1.16. The van der Waals surface area contributed by atoms with Crippen molar-refractivity contribution >= 4 is 20.5 Å². The van der Waals surface area contributed by atoms with E-state index in [2.05, 4.69) is 14.6 Å². The van der Waals surface area contributed by atoms with Gasteiger partial charge in [-0.2, -0.15) is 0 Å². The van der Waals surface area contributed by atoms with E-state index in [-0.39, 0.29) is 11.8 Å². The lowest BCUT2D eigenvalue weighted by Gasteiger charge is -1.95. The van der Waals surface area contributed by atoms with Gasteiger partial charge < -0.3 is 10.1 Å². The molecule has 3 nitrogen and oxygen atoms in total. The number of halogens is 1. The summed E-state index contributed by atoms with van der Waals surface area (Å²) in [5.74, 6) is -0.263. The fraction of sp³-hybridized carbons (Fsp3) is 0.417. The third kappa shape index (κ3) is 5.76. The van der Waals surface area contributed by atoms with Gasteiger partial charge in [0, 0.05) is 13.1 Å². The highest BCUT2D eigenvalue weighted by Gasteiger charge is 2.04. The molecule has 1 N–H and O–H groups in total. The summed E-state index contributed by atoms with van der Waals surface area (Å²) in [7, 11) is 2.48. The second-order valence-electron chi connectivity index (χ2n) is 3.72. The molecule has 0 radical (unpaired) electrons. The van der Waals surface area contributed by atoms with Gasteiger partial charge in [-0.1, -0.05) is 6.07 Å². The summed E-state index contributed by atoms with van der Waals surface area (Å²) >= 11 is 0. The van der Waals surface area contributed by atoms with E-state index in [1.807, 2.05) is 6.92 Å².